The molecule has 1 aliphatic heterocycles. The Bertz CT molecular complexity index is 721. The first-order valence-corrected chi connectivity index (χ1v) is 8.05. The molecule has 1 fully saturated rings. The van der Waals surface area contributed by atoms with E-state index in [0.29, 0.717) is 18.9 Å². The molecule has 1 aromatic rings. The van der Waals surface area contributed by atoms with Gasteiger partial charge in [-0.05, 0) is 31.0 Å². The van der Waals surface area contributed by atoms with Crippen LogP contribution in [0.4, 0.5) is 18.9 Å². The number of fused-ring (bicyclic) bond motifs is 1. The summed E-state index contributed by atoms with van der Waals surface area (Å²) in [6.07, 6.45) is -3.00. The lowest BCUT2D eigenvalue weighted by Gasteiger charge is -2.38. The van der Waals surface area contributed by atoms with Gasteiger partial charge in [0, 0.05) is 0 Å². The number of carbonyl (C=O) groups excluding carboxylic acids is 1. The summed E-state index contributed by atoms with van der Waals surface area (Å²) in [5.74, 6) is -0.851. The fraction of sp³-hybridized carbons (Fsp3) is 0.462. The summed E-state index contributed by atoms with van der Waals surface area (Å²) in [6, 6.07) is 2.38. The van der Waals surface area contributed by atoms with Gasteiger partial charge in [0.05, 0.1) is 27.3 Å². The first kappa shape index (κ1) is 14.4. The average Bonchev–Trinajstić information content (AvgIpc) is 2.40. The third-order valence-electron chi connectivity index (χ3n) is 4.15. The van der Waals surface area contributed by atoms with Crippen LogP contribution >= 0.6 is 0 Å². The quantitative estimate of drug-likeness (QED) is 0.799. The van der Waals surface area contributed by atoms with E-state index in [4.69, 9.17) is 0 Å². The zero-order chi connectivity index (χ0) is 15.5. The Morgan fingerprint density at radius 1 is 1.19 bits per heavy atom. The summed E-state index contributed by atoms with van der Waals surface area (Å²) in [5, 5.41) is 2.46. The minimum absolute atomic E-state index is 0.0724. The number of rotatable bonds is 0. The van der Waals surface area contributed by atoms with Crippen molar-refractivity contribution in [3.63, 3.8) is 0 Å². The molecule has 1 aromatic carbocycles. The maximum absolute atomic E-state index is 12.7. The Labute approximate surface area is 119 Å². The maximum atomic E-state index is 12.7. The largest absolute Gasteiger partial charge is 0.416 e. The van der Waals surface area contributed by atoms with E-state index in [9.17, 15) is 26.4 Å². The van der Waals surface area contributed by atoms with Gasteiger partial charge in [-0.1, -0.05) is 6.42 Å². The number of alkyl halides is 3. The van der Waals surface area contributed by atoms with E-state index in [1.807, 2.05) is 0 Å². The minimum Gasteiger partial charge on any atom is -0.324 e. The molecule has 0 atom stereocenters. The second-order valence-corrected chi connectivity index (χ2v) is 7.51. The Kier molecular flexibility index (Phi) is 2.89. The van der Waals surface area contributed by atoms with Crippen LogP contribution in [0, 0.1) is 5.41 Å². The van der Waals surface area contributed by atoms with E-state index in [1.165, 1.54) is 0 Å². The van der Waals surface area contributed by atoms with Gasteiger partial charge in [0.15, 0.2) is 9.84 Å². The van der Waals surface area contributed by atoms with Crippen LogP contribution in [0.1, 0.15) is 24.8 Å². The van der Waals surface area contributed by atoms with Crippen molar-refractivity contribution >= 4 is 21.4 Å². The van der Waals surface area contributed by atoms with Crippen LogP contribution in [0.15, 0.2) is 23.1 Å². The van der Waals surface area contributed by atoms with Gasteiger partial charge < -0.3 is 5.32 Å². The summed E-state index contributed by atoms with van der Waals surface area (Å²) >= 11 is 0. The van der Waals surface area contributed by atoms with Gasteiger partial charge in [-0.2, -0.15) is 13.2 Å². The number of anilines is 1. The summed E-state index contributed by atoms with van der Waals surface area (Å²) in [7, 11) is -3.95. The molecule has 2 aliphatic rings. The van der Waals surface area contributed by atoms with E-state index >= 15 is 0 Å². The van der Waals surface area contributed by atoms with E-state index in [1.54, 1.807) is 0 Å². The standard InChI is InChI=1S/C13H12F3NO3S/c14-13(15,16)8-2-3-9-10(6-8)21(19,20)7-12(4-1-5-12)11(18)17-9/h2-3,6H,1,4-5,7H2,(H,17,18). The van der Waals surface area contributed by atoms with Crippen LogP contribution in [0.25, 0.3) is 0 Å². The number of sulfone groups is 1. The molecule has 0 saturated heterocycles. The highest BCUT2D eigenvalue weighted by Crippen LogP contribution is 2.47. The van der Waals surface area contributed by atoms with Gasteiger partial charge in [-0.3, -0.25) is 4.79 Å². The summed E-state index contributed by atoms with van der Waals surface area (Å²) in [4.78, 5) is 11.7. The monoisotopic (exact) mass is 319 g/mol. The predicted molar refractivity (Wildman–Crippen MR) is 68.4 cm³/mol. The average molecular weight is 319 g/mol. The number of halogens is 3. The van der Waals surface area contributed by atoms with Crippen molar-refractivity contribution in [2.75, 3.05) is 11.1 Å². The highest BCUT2D eigenvalue weighted by Gasteiger charge is 2.50. The molecule has 0 radical (unpaired) electrons. The number of hydrogen-bond acceptors (Lipinski definition) is 3. The van der Waals surface area contributed by atoms with Gasteiger partial charge in [0.2, 0.25) is 5.91 Å². The third kappa shape index (κ3) is 2.21. The molecule has 1 heterocycles. The first-order valence-electron chi connectivity index (χ1n) is 6.40. The molecule has 21 heavy (non-hydrogen) atoms. The Balaban J connectivity index is 2.14. The molecule has 3 rings (SSSR count). The molecule has 1 spiro atoms. The van der Waals surface area contributed by atoms with Crippen LogP contribution in [0.5, 0.6) is 0 Å². The topological polar surface area (TPSA) is 63.2 Å². The van der Waals surface area contributed by atoms with Crippen molar-refractivity contribution in [2.24, 2.45) is 5.41 Å². The number of nitrogens with one attached hydrogen (secondary N) is 1. The lowest BCUT2D eigenvalue weighted by Crippen LogP contribution is -2.45. The fourth-order valence-electron chi connectivity index (χ4n) is 2.80. The Morgan fingerprint density at radius 3 is 2.38 bits per heavy atom. The minimum atomic E-state index is -4.63. The second-order valence-electron chi connectivity index (χ2n) is 5.56. The van der Waals surface area contributed by atoms with Crippen molar-refractivity contribution in [3.05, 3.63) is 23.8 Å². The van der Waals surface area contributed by atoms with Crippen LogP contribution in [-0.2, 0) is 20.8 Å². The zero-order valence-corrected chi connectivity index (χ0v) is 11.6. The first-order chi connectivity index (χ1) is 9.64. The van der Waals surface area contributed by atoms with E-state index in [0.717, 1.165) is 18.6 Å². The lowest BCUT2D eigenvalue weighted by molar-refractivity contribution is -0.137. The van der Waals surface area contributed by atoms with Crippen LogP contribution in [-0.4, -0.2) is 20.1 Å². The number of carbonyl (C=O) groups is 1. The van der Waals surface area contributed by atoms with Crippen molar-refractivity contribution in [1.29, 1.82) is 0 Å². The smallest absolute Gasteiger partial charge is 0.324 e. The highest BCUT2D eigenvalue weighted by molar-refractivity contribution is 7.91. The molecule has 4 nitrogen and oxygen atoms in total. The molecule has 0 bridgehead atoms. The third-order valence-corrected chi connectivity index (χ3v) is 6.09. The zero-order valence-electron chi connectivity index (χ0n) is 10.8. The van der Waals surface area contributed by atoms with Crippen LogP contribution in [0.2, 0.25) is 0 Å². The SMILES string of the molecule is O=C1Nc2ccc(C(F)(F)F)cc2S(=O)(=O)CC12CCC2. The molecule has 114 valence electrons. The molecule has 0 aromatic heterocycles. The summed E-state index contributed by atoms with van der Waals surface area (Å²) < 4.78 is 62.9. The van der Waals surface area contributed by atoms with Crippen LogP contribution in [0.3, 0.4) is 0 Å². The molecule has 1 saturated carbocycles. The molecule has 1 aliphatic carbocycles. The van der Waals surface area contributed by atoms with E-state index in [2.05, 4.69) is 5.32 Å². The van der Waals surface area contributed by atoms with Crippen molar-refractivity contribution in [1.82, 2.24) is 0 Å². The van der Waals surface area contributed by atoms with Crippen LogP contribution < -0.4 is 5.32 Å². The number of hydrogen-bond donors (Lipinski definition) is 1. The van der Waals surface area contributed by atoms with Crippen molar-refractivity contribution in [2.45, 2.75) is 30.3 Å². The molecule has 1 amide bonds. The predicted octanol–water partition coefficient (Wildman–Crippen LogP) is 2.60. The number of amides is 1. The summed E-state index contributed by atoms with van der Waals surface area (Å²) in [5.41, 5.74) is -2.10. The van der Waals surface area contributed by atoms with Gasteiger partial charge >= 0.3 is 6.18 Å². The highest BCUT2D eigenvalue weighted by atomic mass is 32.2. The lowest BCUT2D eigenvalue weighted by atomic mass is 9.69. The Morgan fingerprint density at radius 2 is 1.86 bits per heavy atom. The molecular formula is C13H12F3NO3S. The normalized spacial score (nSPS) is 22.9. The van der Waals surface area contributed by atoms with Gasteiger partial charge in [-0.15, -0.1) is 0 Å². The molecule has 1 N–H and O–H groups in total. The van der Waals surface area contributed by atoms with Crippen molar-refractivity contribution < 1.29 is 26.4 Å². The second kappa shape index (κ2) is 4.22. The van der Waals surface area contributed by atoms with E-state index in [-0.39, 0.29) is 5.69 Å². The van der Waals surface area contributed by atoms with Crippen molar-refractivity contribution in [3.8, 4) is 0 Å². The Hall–Kier alpha value is -1.57. The molecular weight excluding hydrogens is 307 g/mol. The van der Waals surface area contributed by atoms with Gasteiger partial charge in [0.1, 0.15) is 0 Å². The maximum Gasteiger partial charge on any atom is 0.416 e. The van der Waals surface area contributed by atoms with Gasteiger partial charge in [0.25, 0.3) is 0 Å². The van der Waals surface area contributed by atoms with Gasteiger partial charge in [-0.25, -0.2) is 8.42 Å². The van der Waals surface area contributed by atoms with E-state index < -0.39 is 43.5 Å². The number of benzene rings is 1. The molecule has 8 heteroatoms. The summed E-state index contributed by atoms with van der Waals surface area (Å²) in [6.45, 7) is 0. The molecule has 0 unspecified atom stereocenters. The fourth-order valence-corrected chi connectivity index (χ4v) is 4.86.